The number of nitriles is 1. The number of hydrogen-bond acceptors (Lipinski definition) is 3. The highest BCUT2D eigenvalue weighted by Crippen LogP contribution is 2.32. The predicted octanol–water partition coefficient (Wildman–Crippen LogP) is 5.14. The zero-order valence-corrected chi connectivity index (χ0v) is 17.0. The number of nitrogens with zero attached hydrogens (tertiary/aromatic N) is 2. The molecule has 1 heterocycles. The van der Waals surface area contributed by atoms with Crippen molar-refractivity contribution in [2.45, 2.75) is 35.8 Å². The van der Waals surface area contributed by atoms with E-state index < -0.39 is 0 Å². The Morgan fingerprint density at radius 3 is 2.50 bits per heavy atom. The molecule has 0 bridgehead atoms. The van der Waals surface area contributed by atoms with Gasteiger partial charge in [0, 0.05) is 29.1 Å². The summed E-state index contributed by atoms with van der Waals surface area (Å²) >= 11 is 2.51. The Labute approximate surface area is 168 Å². The van der Waals surface area contributed by atoms with Crippen molar-refractivity contribution < 1.29 is 4.39 Å². The van der Waals surface area contributed by atoms with Crippen molar-refractivity contribution in [3.63, 3.8) is 0 Å². The standard InChI is InChI=1S/C21H23FIN3/c1-15(23)21(17-5-3-2-4-6-17)26-11-9-18(10-12-26)25-20-13-16(14-24)7-8-19(20)22/h2-8,13,15,18,21,25H,9-12H2,1H3. The highest BCUT2D eigenvalue weighted by molar-refractivity contribution is 14.1. The van der Waals surface area contributed by atoms with Crippen molar-refractivity contribution in [2.24, 2.45) is 0 Å². The van der Waals surface area contributed by atoms with Gasteiger partial charge < -0.3 is 5.32 Å². The van der Waals surface area contributed by atoms with Crippen LogP contribution in [0.5, 0.6) is 0 Å². The first-order valence-corrected chi connectivity index (χ1v) is 10.2. The quantitative estimate of drug-likeness (QED) is 0.493. The second-order valence-corrected chi connectivity index (χ2v) is 8.76. The van der Waals surface area contributed by atoms with Crippen molar-refractivity contribution >= 4 is 28.3 Å². The Kier molecular flexibility index (Phi) is 6.49. The van der Waals surface area contributed by atoms with Crippen LogP contribution in [-0.4, -0.2) is 28.0 Å². The number of hydrogen-bond donors (Lipinski definition) is 1. The summed E-state index contributed by atoms with van der Waals surface area (Å²) in [5, 5.41) is 12.3. The largest absolute Gasteiger partial charge is 0.380 e. The van der Waals surface area contributed by atoms with Crippen molar-refractivity contribution in [2.75, 3.05) is 18.4 Å². The molecule has 5 heteroatoms. The molecule has 1 N–H and O–H groups in total. The molecular formula is C21H23FIN3. The highest BCUT2D eigenvalue weighted by atomic mass is 127. The maximum atomic E-state index is 14.0. The van der Waals surface area contributed by atoms with E-state index in [0.29, 0.717) is 21.2 Å². The third-order valence-electron chi connectivity index (χ3n) is 4.95. The number of halogens is 2. The molecular weight excluding hydrogens is 440 g/mol. The van der Waals surface area contributed by atoms with Gasteiger partial charge in [-0.2, -0.15) is 5.26 Å². The predicted molar refractivity (Wildman–Crippen MR) is 112 cm³/mol. The molecule has 0 saturated carbocycles. The first-order valence-electron chi connectivity index (χ1n) is 8.97. The fourth-order valence-electron chi connectivity index (χ4n) is 3.66. The van der Waals surface area contributed by atoms with Crippen molar-refractivity contribution in [1.29, 1.82) is 5.26 Å². The zero-order valence-electron chi connectivity index (χ0n) is 14.8. The van der Waals surface area contributed by atoms with Gasteiger partial charge in [-0.15, -0.1) is 0 Å². The van der Waals surface area contributed by atoms with Gasteiger partial charge in [-0.25, -0.2) is 4.39 Å². The van der Waals surface area contributed by atoms with Crippen LogP contribution in [0.2, 0.25) is 0 Å². The zero-order chi connectivity index (χ0) is 18.5. The molecule has 26 heavy (non-hydrogen) atoms. The number of anilines is 1. The fraction of sp³-hybridized carbons (Fsp3) is 0.381. The maximum Gasteiger partial charge on any atom is 0.146 e. The maximum absolute atomic E-state index is 14.0. The van der Waals surface area contributed by atoms with Gasteiger partial charge in [0.25, 0.3) is 0 Å². The molecule has 1 fully saturated rings. The Bertz CT molecular complexity index is 765. The Balaban J connectivity index is 1.64. The van der Waals surface area contributed by atoms with Crippen LogP contribution >= 0.6 is 22.6 Å². The van der Waals surface area contributed by atoms with Gasteiger partial charge in [0.05, 0.1) is 17.3 Å². The van der Waals surface area contributed by atoms with Crippen LogP contribution in [0.4, 0.5) is 10.1 Å². The molecule has 0 spiro atoms. The van der Waals surface area contributed by atoms with Crippen molar-refractivity contribution in [3.05, 3.63) is 65.5 Å². The van der Waals surface area contributed by atoms with Gasteiger partial charge in [-0.1, -0.05) is 59.8 Å². The lowest BCUT2D eigenvalue weighted by Gasteiger charge is -2.39. The van der Waals surface area contributed by atoms with Crippen LogP contribution in [0.15, 0.2) is 48.5 Å². The van der Waals surface area contributed by atoms with Crippen LogP contribution in [0.25, 0.3) is 0 Å². The Morgan fingerprint density at radius 2 is 1.88 bits per heavy atom. The number of nitrogens with one attached hydrogen (secondary N) is 1. The van der Waals surface area contributed by atoms with E-state index >= 15 is 0 Å². The first kappa shape index (κ1) is 19.1. The molecule has 0 aromatic heterocycles. The lowest BCUT2D eigenvalue weighted by Crippen LogP contribution is -2.43. The molecule has 2 aromatic carbocycles. The molecule has 3 nitrogen and oxygen atoms in total. The van der Waals surface area contributed by atoms with Gasteiger partial charge in [-0.3, -0.25) is 4.90 Å². The van der Waals surface area contributed by atoms with Crippen LogP contribution in [0.1, 0.15) is 36.9 Å². The van der Waals surface area contributed by atoms with E-state index in [1.807, 2.05) is 0 Å². The lowest BCUT2D eigenvalue weighted by molar-refractivity contribution is 0.159. The SMILES string of the molecule is CC(I)C(c1ccccc1)N1CCC(Nc2cc(C#N)ccc2F)CC1. The molecule has 0 aliphatic carbocycles. The number of alkyl halides is 1. The summed E-state index contributed by atoms with van der Waals surface area (Å²) in [5.74, 6) is -0.297. The number of piperidine rings is 1. The second kappa shape index (κ2) is 8.83. The Hall–Kier alpha value is -1.65. The van der Waals surface area contributed by atoms with Crippen molar-refractivity contribution in [3.8, 4) is 6.07 Å². The van der Waals surface area contributed by atoms with Crippen LogP contribution in [0.3, 0.4) is 0 Å². The van der Waals surface area contributed by atoms with E-state index in [4.69, 9.17) is 5.26 Å². The molecule has 1 saturated heterocycles. The number of likely N-dealkylation sites (tertiary alicyclic amines) is 1. The third kappa shape index (κ3) is 4.54. The molecule has 136 valence electrons. The van der Waals surface area contributed by atoms with Crippen LogP contribution in [-0.2, 0) is 0 Å². The van der Waals surface area contributed by atoms with Gasteiger partial charge in [0.15, 0.2) is 0 Å². The number of rotatable bonds is 5. The molecule has 0 amide bonds. The molecule has 1 aliphatic heterocycles. The third-order valence-corrected chi connectivity index (χ3v) is 5.64. The molecule has 2 unspecified atom stereocenters. The lowest BCUT2D eigenvalue weighted by atomic mass is 9.97. The monoisotopic (exact) mass is 463 g/mol. The van der Waals surface area contributed by atoms with Gasteiger partial charge in [0.2, 0.25) is 0 Å². The van der Waals surface area contributed by atoms with Gasteiger partial charge in [0.1, 0.15) is 5.82 Å². The van der Waals surface area contributed by atoms with Crippen molar-refractivity contribution in [1.82, 2.24) is 4.90 Å². The minimum absolute atomic E-state index is 0.232. The minimum Gasteiger partial charge on any atom is -0.380 e. The van der Waals surface area contributed by atoms with E-state index in [-0.39, 0.29) is 11.9 Å². The van der Waals surface area contributed by atoms with Gasteiger partial charge >= 0.3 is 0 Å². The van der Waals surface area contributed by atoms with E-state index in [2.05, 4.69) is 76.1 Å². The second-order valence-electron chi connectivity index (χ2n) is 6.79. The molecule has 3 rings (SSSR count). The smallest absolute Gasteiger partial charge is 0.146 e. The molecule has 1 aliphatic rings. The molecule has 0 radical (unpaired) electrons. The van der Waals surface area contributed by atoms with E-state index in [9.17, 15) is 4.39 Å². The van der Waals surface area contributed by atoms with E-state index in [1.165, 1.54) is 17.7 Å². The summed E-state index contributed by atoms with van der Waals surface area (Å²) in [6.07, 6.45) is 1.92. The van der Waals surface area contributed by atoms with Gasteiger partial charge in [-0.05, 0) is 36.6 Å². The molecule has 2 aromatic rings. The summed E-state index contributed by atoms with van der Waals surface area (Å²) in [6, 6.07) is 17.8. The average molecular weight is 463 g/mol. The summed E-state index contributed by atoms with van der Waals surface area (Å²) in [7, 11) is 0. The first-order chi connectivity index (χ1) is 12.6. The average Bonchev–Trinajstić information content (AvgIpc) is 2.66. The summed E-state index contributed by atoms with van der Waals surface area (Å²) in [4.78, 5) is 2.53. The summed E-state index contributed by atoms with van der Waals surface area (Å²) < 4.78 is 14.5. The number of benzene rings is 2. The summed E-state index contributed by atoms with van der Waals surface area (Å²) in [5.41, 5.74) is 2.27. The minimum atomic E-state index is -0.297. The van der Waals surface area contributed by atoms with Crippen LogP contribution < -0.4 is 5.32 Å². The topological polar surface area (TPSA) is 39.1 Å². The van der Waals surface area contributed by atoms with Crippen LogP contribution in [0, 0.1) is 17.1 Å². The normalized spacial score (nSPS) is 18.1. The fourth-order valence-corrected chi connectivity index (χ4v) is 4.53. The molecule has 2 atom stereocenters. The summed E-state index contributed by atoms with van der Waals surface area (Å²) in [6.45, 7) is 4.21. The Morgan fingerprint density at radius 1 is 1.19 bits per heavy atom. The highest BCUT2D eigenvalue weighted by Gasteiger charge is 2.29. The van der Waals surface area contributed by atoms with E-state index in [1.54, 1.807) is 6.07 Å². The van der Waals surface area contributed by atoms with E-state index in [0.717, 1.165) is 25.9 Å².